The van der Waals surface area contributed by atoms with Gasteiger partial charge in [0.1, 0.15) is 0 Å². The maximum Gasteiger partial charge on any atom is 0.0454 e. The highest BCUT2D eigenvalue weighted by Gasteiger charge is 2.04. The average molecular weight is 271 g/mol. The Balaban J connectivity index is 0.00000121. The van der Waals surface area contributed by atoms with Crippen molar-refractivity contribution in [1.82, 2.24) is 0 Å². The van der Waals surface area contributed by atoms with Crippen molar-refractivity contribution in [2.24, 2.45) is 5.73 Å². The summed E-state index contributed by atoms with van der Waals surface area (Å²) in [5, 5.41) is 0.725. The molecule has 1 nitrogen and oxygen atoms in total. The topological polar surface area (TPSA) is 26.0 Å². The minimum atomic E-state index is -0.0139. The van der Waals surface area contributed by atoms with Gasteiger partial charge in [0.25, 0.3) is 0 Å². The van der Waals surface area contributed by atoms with E-state index < -0.39 is 0 Å². The molecule has 0 heterocycles. The Kier molecular flexibility index (Phi) is 5.18. The van der Waals surface area contributed by atoms with Gasteiger partial charge in [0.05, 0.1) is 0 Å². The Labute approximate surface area is 91.8 Å². The lowest BCUT2D eigenvalue weighted by atomic mass is 10.1. The monoisotopic (exact) mass is 269 g/mol. The van der Waals surface area contributed by atoms with Crippen molar-refractivity contribution in [1.29, 1.82) is 0 Å². The van der Waals surface area contributed by atoms with E-state index in [4.69, 9.17) is 17.3 Å². The van der Waals surface area contributed by atoms with Crippen LogP contribution in [0.5, 0.6) is 0 Å². The highest BCUT2D eigenvalue weighted by Crippen LogP contribution is 2.24. The molecular formula is C8H10BrCl2N. The van der Waals surface area contributed by atoms with Crippen LogP contribution in [0.15, 0.2) is 22.7 Å². The van der Waals surface area contributed by atoms with Crippen LogP contribution in [0.4, 0.5) is 0 Å². The molecule has 68 valence electrons. The molecule has 1 aromatic rings. The van der Waals surface area contributed by atoms with Crippen molar-refractivity contribution in [2.45, 2.75) is 13.0 Å². The van der Waals surface area contributed by atoms with Crippen molar-refractivity contribution < 1.29 is 0 Å². The highest BCUT2D eigenvalue weighted by atomic mass is 79.9. The first-order valence-electron chi connectivity index (χ1n) is 3.32. The molecule has 0 fully saturated rings. The normalized spacial score (nSPS) is 12.0. The molecule has 4 heteroatoms. The van der Waals surface area contributed by atoms with Crippen LogP contribution in [0.2, 0.25) is 5.02 Å². The lowest BCUT2D eigenvalue weighted by molar-refractivity contribution is 0.818. The molecule has 0 aliphatic rings. The summed E-state index contributed by atoms with van der Waals surface area (Å²) in [7, 11) is 0. The summed E-state index contributed by atoms with van der Waals surface area (Å²) in [6.07, 6.45) is 0. The molecule has 0 bridgehead atoms. The standard InChI is InChI=1S/C8H9BrClN.ClH/c1-5(11)7-4-6(9)2-3-8(7)10;/h2-5H,11H2,1H3;1H/t5-;/m0./s1. The third-order valence-corrected chi connectivity index (χ3v) is 2.29. The van der Waals surface area contributed by atoms with Gasteiger partial charge in [0.2, 0.25) is 0 Å². The quantitative estimate of drug-likeness (QED) is 0.830. The second-order valence-electron chi connectivity index (χ2n) is 2.45. The predicted molar refractivity (Wildman–Crippen MR) is 59.0 cm³/mol. The Morgan fingerprint density at radius 2 is 2.08 bits per heavy atom. The SMILES string of the molecule is C[C@H](N)c1cc(Br)ccc1Cl.Cl. The van der Waals surface area contributed by atoms with Crippen molar-refractivity contribution in [2.75, 3.05) is 0 Å². The van der Waals surface area contributed by atoms with Gasteiger partial charge in [-0.15, -0.1) is 12.4 Å². The molecule has 1 rings (SSSR count). The smallest absolute Gasteiger partial charge is 0.0454 e. The summed E-state index contributed by atoms with van der Waals surface area (Å²) in [5.41, 5.74) is 6.65. The number of halogens is 3. The van der Waals surface area contributed by atoms with E-state index in [0.29, 0.717) is 0 Å². The first-order valence-corrected chi connectivity index (χ1v) is 4.49. The third kappa shape index (κ3) is 2.94. The van der Waals surface area contributed by atoms with E-state index in [1.807, 2.05) is 25.1 Å². The van der Waals surface area contributed by atoms with E-state index in [1.54, 1.807) is 0 Å². The van der Waals surface area contributed by atoms with Gasteiger partial charge >= 0.3 is 0 Å². The fraction of sp³-hybridized carbons (Fsp3) is 0.250. The van der Waals surface area contributed by atoms with Gasteiger partial charge in [-0.05, 0) is 30.7 Å². The molecule has 12 heavy (non-hydrogen) atoms. The second-order valence-corrected chi connectivity index (χ2v) is 3.78. The zero-order valence-electron chi connectivity index (χ0n) is 6.55. The lowest BCUT2D eigenvalue weighted by Gasteiger charge is -2.07. The molecule has 1 aromatic carbocycles. The Bertz CT molecular complexity index is 263. The van der Waals surface area contributed by atoms with Gasteiger partial charge in [0, 0.05) is 15.5 Å². The summed E-state index contributed by atoms with van der Waals surface area (Å²) in [5.74, 6) is 0. The van der Waals surface area contributed by atoms with Crippen LogP contribution in [-0.4, -0.2) is 0 Å². The first-order chi connectivity index (χ1) is 5.11. The largest absolute Gasteiger partial charge is 0.324 e. The Morgan fingerprint density at radius 3 is 2.50 bits per heavy atom. The van der Waals surface area contributed by atoms with E-state index in [0.717, 1.165) is 15.1 Å². The Morgan fingerprint density at radius 1 is 1.50 bits per heavy atom. The maximum absolute atomic E-state index is 5.89. The second kappa shape index (κ2) is 5.07. The van der Waals surface area contributed by atoms with Crippen LogP contribution < -0.4 is 5.73 Å². The highest BCUT2D eigenvalue weighted by molar-refractivity contribution is 9.10. The summed E-state index contributed by atoms with van der Waals surface area (Å²) >= 11 is 9.24. The first kappa shape index (κ1) is 12.2. The molecule has 2 N–H and O–H groups in total. The average Bonchev–Trinajstić information content (AvgIpc) is 1.94. The van der Waals surface area contributed by atoms with Crippen LogP contribution in [0.1, 0.15) is 18.5 Å². The zero-order chi connectivity index (χ0) is 8.43. The van der Waals surface area contributed by atoms with Gasteiger partial charge in [-0.2, -0.15) is 0 Å². The van der Waals surface area contributed by atoms with Crippen molar-refractivity contribution >= 4 is 39.9 Å². The van der Waals surface area contributed by atoms with Gasteiger partial charge in [0.15, 0.2) is 0 Å². The number of hydrogen-bond acceptors (Lipinski definition) is 1. The summed E-state index contributed by atoms with van der Waals surface area (Å²) in [4.78, 5) is 0. The predicted octanol–water partition coefficient (Wildman–Crippen LogP) is 3.54. The number of benzene rings is 1. The molecule has 0 spiro atoms. The molecule has 0 saturated heterocycles. The van der Waals surface area contributed by atoms with Crippen LogP contribution >= 0.6 is 39.9 Å². The minimum absolute atomic E-state index is 0. The molecule has 0 aliphatic carbocycles. The van der Waals surface area contributed by atoms with Crippen molar-refractivity contribution in [3.63, 3.8) is 0 Å². The van der Waals surface area contributed by atoms with Gasteiger partial charge in [-0.1, -0.05) is 27.5 Å². The van der Waals surface area contributed by atoms with Gasteiger partial charge < -0.3 is 5.73 Å². The zero-order valence-corrected chi connectivity index (χ0v) is 9.71. The van der Waals surface area contributed by atoms with Crippen LogP contribution in [0, 0.1) is 0 Å². The van der Waals surface area contributed by atoms with Crippen LogP contribution in [0.3, 0.4) is 0 Å². The van der Waals surface area contributed by atoms with E-state index >= 15 is 0 Å². The van der Waals surface area contributed by atoms with Crippen LogP contribution in [0.25, 0.3) is 0 Å². The molecule has 1 atom stereocenters. The maximum atomic E-state index is 5.89. The van der Waals surface area contributed by atoms with Gasteiger partial charge in [-0.25, -0.2) is 0 Å². The molecule has 0 aliphatic heterocycles. The van der Waals surface area contributed by atoms with E-state index in [-0.39, 0.29) is 18.4 Å². The minimum Gasteiger partial charge on any atom is -0.324 e. The number of hydrogen-bond donors (Lipinski definition) is 1. The van der Waals surface area contributed by atoms with E-state index in [1.165, 1.54) is 0 Å². The molecule has 0 unspecified atom stereocenters. The summed E-state index contributed by atoms with van der Waals surface area (Å²) in [6, 6.07) is 5.66. The molecule has 0 aromatic heterocycles. The van der Waals surface area contributed by atoms with Crippen LogP contribution in [-0.2, 0) is 0 Å². The van der Waals surface area contributed by atoms with E-state index in [9.17, 15) is 0 Å². The number of rotatable bonds is 1. The lowest BCUT2D eigenvalue weighted by Crippen LogP contribution is -2.05. The molecule has 0 amide bonds. The molecule has 0 radical (unpaired) electrons. The van der Waals surface area contributed by atoms with Crippen molar-refractivity contribution in [3.05, 3.63) is 33.3 Å². The fourth-order valence-corrected chi connectivity index (χ4v) is 1.53. The van der Waals surface area contributed by atoms with Gasteiger partial charge in [-0.3, -0.25) is 0 Å². The Hall–Kier alpha value is 0.240. The molecular weight excluding hydrogens is 261 g/mol. The fourth-order valence-electron chi connectivity index (χ4n) is 0.864. The summed E-state index contributed by atoms with van der Waals surface area (Å²) in [6.45, 7) is 1.91. The van der Waals surface area contributed by atoms with E-state index in [2.05, 4.69) is 15.9 Å². The molecule has 0 saturated carbocycles. The third-order valence-electron chi connectivity index (χ3n) is 1.45. The van der Waals surface area contributed by atoms with Crippen molar-refractivity contribution in [3.8, 4) is 0 Å². The number of nitrogens with two attached hydrogens (primary N) is 1. The summed E-state index contributed by atoms with van der Waals surface area (Å²) < 4.78 is 1.01.